The molecule has 0 saturated heterocycles. The second-order valence-corrected chi connectivity index (χ2v) is 9.73. The van der Waals surface area contributed by atoms with Crippen molar-refractivity contribution in [1.82, 2.24) is 0 Å². The van der Waals surface area contributed by atoms with Crippen molar-refractivity contribution in [1.29, 1.82) is 0 Å². The van der Waals surface area contributed by atoms with E-state index < -0.39 is 16.8 Å². The van der Waals surface area contributed by atoms with Crippen molar-refractivity contribution in [2.24, 2.45) is 11.8 Å². The molecule has 6 heteroatoms. The van der Waals surface area contributed by atoms with Gasteiger partial charge in [0.15, 0.2) is 0 Å². The molecule has 0 saturated carbocycles. The van der Waals surface area contributed by atoms with Crippen LogP contribution in [0.1, 0.15) is 27.7 Å². The third kappa shape index (κ3) is 8.86. The summed E-state index contributed by atoms with van der Waals surface area (Å²) in [5, 5.41) is 0. The molecule has 0 aliphatic carbocycles. The molecule has 0 fully saturated rings. The first-order valence-corrected chi connectivity index (χ1v) is 8.30. The van der Waals surface area contributed by atoms with Gasteiger partial charge in [0.05, 0.1) is 0 Å². The van der Waals surface area contributed by atoms with Crippen molar-refractivity contribution in [3.63, 3.8) is 0 Å². The minimum atomic E-state index is -3.61. The Labute approximate surface area is 109 Å². The minimum absolute atomic E-state index is 0. The van der Waals surface area contributed by atoms with E-state index in [1.54, 1.807) is 0 Å². The zero-order chi connectivity index (χ0) is 10.6. The molecule has 0 aliphatic rings. The van der Waals surface area contributed by atoms with Gasteiger partial charge in [0.2, 0.25) is 0 Å². The molecule has 3 nitrogen and oxygen atoms in total. The molecule has 84 valence electrons. The molecule has 3 N–H and O–H groups in total. The Bertz CT molecular complexity index is 192. The smallest absolute Gasteiger partial charge is 0.277 e. The Morgan fingerprint density at radius 3 is 1.36 bits per heavy atom. The zero-order valence-electron chi connectivity index (χ0n) is 9.47. The average Bonchev–Trinajstić information content (AvgIpc) is 1.81. The van der Waals surface area contributed by atoms with E-state index in [4.69, 9.17) is 0 Å². The number of rotatable bonds is 4. The van der Waals surface area contributed by atoms with E-state index in [0.717, 1.165) is 0 Å². The number of hydrogen-bond acceptors (Lipinski definition) is 0. The normalized spacial score (nSPS) is 12.4. The predicted octanol–water partition coefficient (Wildman–Crippen LogP) is 1.57. The molecular weight excluding hydrogens is 320 g/mol. The van der Waals surface area contributed by atoms with Crippen LogP contribution in [0, 0.1) is 11.8 Å². The summed E-state index contributed by atoms with van der Waals surface area (Å²) in [6.45, 7) is 4.49. The van der Waals surface area contributed by atoms with Crippen LogP contribution in [0.5, 0.6) is 0 Å². The van der Waals surface area contributed by atoms with E-state index >= 15 is 0 Å². The molecule has 0 aliphatic heterocycles. The van der Waals surface area contributed by atoms with Gasteiger partial charge < -0.3 is 14.7 Å². The molecular formula is C8H21CdO3PS. The van der Waals surface area contributed by atoms with Gasteiger partial charge in [-0.25, -0.2) is 0 Å². The van der Waals surface area contributed by atoms with Gasteiger partial charge in [-0.05, 0) is 23.3 Å². The average molecular weight is 341 g/mol. The van der Waals surface area contributed by atoms with E-state index in [0.29, 0.717) is 23.3 Å². The second kappa shape index (κ2) is 7.79. The van der Waals surface area contributed by atoms with Crippen LogP contribution >= 0.6 is 6.72 Å². The van der Waals surface area contributed by atoms with E-state index in [2.05, 4.69) is 0 Å². The summed E-state index contributed by atoms with van der Waals surface area (Å²) in [6, 6.07) is 0. The maximum atomic E-state index is 9.21. The molecule has 14 heavy (non-hydrogen) atoms. The van der Waals surface area contributed by atoms with Crippen molar-refractivity contribution < 1.29 is 42.0 Å². The summed E-state index contributed by atoms with van der Waals surface area (Å²) < 4.78 is 0. The summed E-state index contributed by atoms with van der Waals surface area (Å²) in [5.74, 6) is 2.20. The maximum Gasteiger partial charge on any atom is 0.277 e. The SMILES string of the molecule is CC(C)CS(CC(C)C)=P(O)(O)O.[Cd]. The molecule has 0 unspecified atom stereocenters. The van der Waals surface area contributed by atoms with E-state index in [-0.39, 0.29) is 27.3 Å². The molecule has 0 radical (unpaired) electrons. The minimum Gasteiger partial charge on any atom is -0.329 e. The van der Waals surface area contributed by atoms with Crippen molar-refractivity contribution in [3.05, 3.63) is 0 Å². The molecule has 0 rings (SSSR count). The van der Waals surface area contributed by atoms with E-state index in [1.165, 1.54) is 0 Å². The Kier molecular flexibility index (Phi) is 9.99. The topological polar surface area (TPSA) is 60.7 Å². The summed E-state index contributed by atoms with van der Waals surface area (Å²) >= 11 is 0. The van der Waals surface area contributed by atoms with Gasteiger partial charge in [0.1, 0.15) is 0 Å². The monoisotopic (exact) mass is 342 g/mol. The second-order valence-electron chi connectivity index (χ2n) is 4.10. The number of hydrogen-bond donors (Lipinski definition) is 3. The summed E-state index contributed by atoms with van der Waals surface area (Å²) in [6.07, 6.45) is 0. The molecule has 0 amide bonds. The van der Waals surface area contributed by atoms with Gasteiger partial charge >= 0.3 is 0 Å². The van der Waals surface area contributed by atoms with E-state index in [9.17, 15) is 14.7 Å². The van der Waals surface area contributed by atoms with Crippen LogP contribution in [0.3, 0.4) is 0 Å². The summed E-state index contributed by atoms with van der Waals surface area (Å²) in [7, 11) is -0.624. The van der Waals surface area contributed by atoms with Gasteiger partial charge in [-0.2, -0.15) is 0 Å². The van der Waals surface area contributed by atoms with Crippen LogP contribution in [0.2, 0.25) is 0 Å². The molecule has 0 aromatic carbocycles. The Morgan fingerprint density at radius 2 is 1.21 bits per heavy atom. The standard InChI is InChI=1S/C8H21O3PS.Cd/c1-7(2)5-13(6-8(3)4)12(9,10)11;/h7-11H,5-6H2,1-4H3;. The summed E-state index contributed by atoms with van der Waals surface area (Å²) in [4.78, 5) is 27.6. The molecule has 0 bridgehead atoms. The molecule has 0 atom stereocenters. The maximum absolute atomic E-state index is 9.21. The molecule has 0 spiro atoms. The van der Waals surface area contributed by atoms with Crippen LogP contribution in [-0.2, 0) is 37.4 Å². The van der Waals surface area contributed by atoms with Crippen molar-refractivity contribution in [3.8, 4) is 0 Å². The quantitative estimate of drug-likeness (QED) is 0.538. The van der Waals surface area contributed by atoms with Gasteiger partial charge in [-0.1, -0.05) is 27.7 Å². The predicted molar refractivity (Wildman–Crippen MR) is 60.4 cm³/mol. The molecule has 0 heterocycles. The van der Waals surface area contributed by atoms with Crippen molar-refractivity contribution >= 4 is 16.8 Å². The van der Waals surface area contributed by atoms with Crippen molar-refractivity contribution in [2.75, 3.05) is 11.5 Å². The van der Waals surface area contributed by atoms with Crippen LogP contribution < -0.4 is 0 Å². The first-order valence-electron chi connectivity index (χ1n) is 4.49. The van der Waals surface area contributed by atoms with Gasteiger partial charge in [0.25, 0.3) is 6.72 Å². The third-order valence-corrected chi connectivity index (χ3v) is 7.17. The van der Waals surface area contributed by atoms with Crippen LogP contribution in [0.15, 0.2) is 0 Å². The molecule has 0 aromatic rings. The van der Waals surface area contributed by atoms with E-state index in [1.807, 2.05) is 27.7 Å². The third-order valence-electron chi connectivity index (χ3n) is 1.40. The van der Waals surface area contributed by atoms with Crippen LogP contribution in [-0.4, -0.2) is 26.2 Å². The Balaban J connectivity index is 0. The van der Waals surface area contributed by atoms with Gasteiger partial charge in [-0.15, -0.1) is 10.1 Å². The largest absolute Gasteiger partial charge is 0.329 e. The van der Waals surface area contributed by atoms with Gasteiger partial charge in [0, 0.05) is 27.3 Å². The van der Waals surface area contributed by atoms with Crippen LogP contribution in [0.25, 0.3) is 0 Å². The fourth-order valence-electron chi connectivity index (χ4n) is 1.04. The summed E-state index contributed by atoms with van der Waals surface area (Å²) in [5.41, 5.74) is 0. The van der Waals surface area contributed by atoms with Crippen molar-refractivity contribution in [2.45, 2.75) is 27.7 Å². The fourth-order valence-corrected chi connectivity index (χ4v) is 6.10. The Hall–Kier alpha value is 1.58. The fraction of sp³-hybridized carbons (Fsp3) is 1.00. The Morgan fingerprint density at radius 1 is 0.929 bits per heavy atom. The molecule has 0 aromatic heterocycles. The van der Waals surface area contributed by atoms with Crippen LogP contribution in [0.4, 0.5) is 0 Å². The first-order chi connectivity index (χ1) is 5.73. The van der Waals surface area contributed by atoms with Gasteiger partial charge in [-0.3, -0.25) is 0 Å². The first kappa shape index (κ1) is 18.0. The zero-order valence-corrected chi connectivity index (χ0v) is 15.2.